The summed E-state index contributed by atoms with van der Waals surface area (Å²) >= 11 is 1.39. The summed E-state index contributed by atoms with van der Waals surface area (Å²) in [5, 5.41) is 21.5. The van der Waals surface area contributed by atoms with Crippen molar-refractivity contribution in [2.24, 2.45) is 23.3 Å². The second kappa shape index (κ2) is 23.9. The lowest BCUT2D eigenvalue weighted by Gasteiger charge is -2.38. The molecular weight excluding hydrogens is 797 g/mol. The molecule has 0 aliphatic carbocycles. The van der Waals surface area contributed by atoms with Gasteiger partial charge in [-0.25, -0.2) is 4.79 Å². The molecule has 14 nitrogen and oxygen atoms in total. The lowest BCUT2D eigenvalue weighted by Crippen LogP contribution is -2.61. The van der Waals surface area contributed by atoms with Crippen molar-refractivity contribution in [1.29, 1.82) is 0 Å². The SMILES string of the molecule is CC[C@H](C)[C@H](NC(=O)C[C@H](O)[C@H](CC(C)C)N(C(=O)[C@H](Cc1ccccc1)NC(=O)OCc1ccccc1)C(=O)[C@@H](N)Cc1cccs1)C(=O)NC(=O)c1cccc(CN)c1. The molecule has 3 aromatic carbocycles. The Kier molecular flexibility index (Phi) is 18.8. The number of rotatable bonds is 21. The lowest BCUT2D eigenvalue weighted by atomic mass is 9.92. The first-order valence-electron chi connectivity index (χ1n) is 20.5. The first kappa shape index (κ1) is 47.9. The standard InChI is InChI=1S/C46H58N6O8S/c1-5-30(4)41(43(56)51-42(55)34-19-12-18-33(23-34)27-47)50-40(54)26-39(53)38(22-29(2)3)52(44(57)36(48)25-35-20-13-21-61-35)45(58)37(24-31-14-8-6-9-15-31)49-46(59)60-28-32-16-10-7-11-17-32/h6-21,23,29-30,36-39,41,53H,5,22,24-28,47-48H2,1-4H3,(H,49,59)(H,50,54)(H,51,55,56)/t30-,36-,37-,38-,39-,41-/m0/s1. The summed E-state index contributed by atoms with van der Waals surface area (Å²) in [5.41, 5.74) is 14.6. The zero-order valence-electron chi connectivity index (χ0n) is 35.1. The van der Waals surface area contributed by atoms with E-state index in [1.54, 1.807) is 79.7 Å². The average Bonchev–Trinajstić information content (AvgIpc) is 3.77. The fraction of sp³-hybridized carbons (Fsp3) is 0.391. The number of nitrogens with zero attached hydrogens (tertiary/aromatic N) is 1. The van der Waals surface area contributed by atoms with E-state index in [0.717, 1.165) is 15.3 Å². The van der Waals surface area contributed by atoms with Gasteiger partial charge in [-0.1, -0.05) is 113 Å². The van der Waals surface area contributed by atoms with Crippen LogP contribution in [-0.2, 0) is 49.9 Å². The molecular formula is C46H58N6O8S. The second-order valence-electron chi connectivity index (χ2n) is 15.5. The summed E-state index contributed by atoms with van der Waals surface area (Å²) in [4.78, 5) is 84.9. The van der Waals surface area contributed by atoms with Crippen molar-refractivity contribution in [1.82, 2.24) is 20.9 Å². The number of carbonyl (C=O) groups is 6. The number of nitrogens with two attached hydrogens (primary N) is 2. The molecule has 15 heteroatoms. The highest BCUT2D eigenvalue weighted by Crippen LogP contribution is 2.23. The van der Waals surface area contributed by atoms with Crippen LogP contribution in [0.3, 0.4) is 0 Å². The normalized spacial score (nSPS) is 14.1. The van der Waals surface area contributed by atoms with Crippen LogP contribution in [0.4, 0.5) is 4.79 Å². The van der Waals surface area contributed by atoms with Crippen LogP contribution in [0.25, 0.3) is 0 Å². The van der Waals surface area contributed by atoms with Gasteiger partial charge in [0.25, 0.3) is 11.8 Å². The smallest absolute Gasteiger partial charge is 0.408 e. The predicted molar refractivity (Wildman–Crippen MR) is 234 cm³/mol. The van der Waals surface area contributed by atoms with Crippen molar-refractivity contribution in [3.8, 4) is 0 Å². The molecule has 0 unspecified atom stereocenters. The molecule has 1 heterocycles. The summed E-state index contributed by atoms with van der Waals surface area (Å²) in [6, 6.07) is 22.9. The number of hydrogen-bond donors (Lipinski definition) is 6. The third-order valence-corrected chi connectivity index (χ3v) is 11.1. The molecule has 61 heavy (non-hydrogen) atoms. The number of aliphatic hydroxyl groups excluding tert-OH is 1. The highest BCUT2D eigenvalue weighted by molar-refractivity contribution is 7.09. The van der Waals surface area contributed by atoms with Gasteiger partial charge in [0.1, 0.15) is 18.7 Å². The monoisotopic (exact) mass is 854 g/mol. The maximum absolute atomic E-state index is 15.0. The van der Waals surface area contributed by atoms with E-state index in [1.807, 2.05) is 44.4 Å². The van der Waals surface area contributed by atoms with Crippen LogP contribution in [0.2, 0.25) is 0 Å². The molecule has 1 aromatic heterocycles. The van der Waals surface area contributed by atoms with Gasteiger partial charge in [0.2, 0.25) is 17.7 Å². The van der Waals surface area contributed by atoms with E-state index in [9.17, 15) is 33.9 Å². The molecule has 0 bridgehead atoms. The Morgan fingerprint density at radius 1 is 0.803 bits per heavy atom. The van der Waals surface area contributed by atoms with Crippen molar-refractivity contribution in [3.63, 3.8) is 0 Å². The van der Waals surface area contributed by atoms with Gasteiger partial charge in [0.15, 0.2) is 0 Å². The van der Waals surface area contributed by atoms with Gasteiger partial charge >= 0.3 is 6.09 Å². The molecule has 8 N–H and O–H groups in total. The van der Waals surface area contributed by atoms with Gasteiger partial charge in [0.05, 0.1) is 24.6 Å². The Morgan fingerprint density at radius 2 is 1.46 bits per heavy atom. The van der Waals surface area contributed by atoms with Crippen LogP contribution >= 0.6 is 11.3 Å². The predicted octanol–water partition coefficient (Wildman–Crippen LogP) is 4.62. The van der Waals surface area contributed by atoms with Gasteiger partial charge in [-0.3, -0.25) is 34.2 Å². The minimum Gasteiger partial charge on any atom is -0.445 e. The van der Waals surface area contributed by atoms with E-state index in [-0.39, 0.29) is 43.9 Å². The number of benzene rings is 3. The first-order chi connectivity index (χ1) is 29.2. The molecule has 4 rings (SSSR count). The van der Waals surface area contributed by atoms with Crippen molar-refractivity contribution in [2.75, 3.05) is 0 Å². The van der Waals surface area contributed by atoms with E-state index in [0.29, 0.717) is 17.5 Å². The van der Waals surface area contributed by atoms with Crippen LogP contribution in [0.1, 0.15) is 78.9 Å². The zero-order valence-corrected chi connectivity index (χ0v) is 35.9. The lowest BCUT2D eigenvalue weighted by molar-refractivity contribution is -0.154. The summed E-state index contributed by atoms with van der Waals surface area (Å²) in [7, 11) is 0. The van der Waals surface area contributed by atoms with Gasteiger partial charge < -0.3 is 31.9 Å². The van der Waals surface area contributed by atoms with E-state index in [2.05, 4.69) is 16.0 Å². The zero-order chi connectivity index (χ0) is 44.5. The molecule has 0 saturated heterocycles. The molecule has 0 saturated carbocycles. The van der Waals surface area contributed by atoms with Crippen molar-refractivity contribution >= 4 is 47.0 Å². The third-order valence-electron chi connectivity index (χ3n) is 10.2. The van der Waals surface area contributed by atoms with Gasteiger partial charge in [-0.2, -0.15) is 0 Å². The van der Waals surface area contributed by atoms with Crippen LogP contribution in [-0.4, -0.2) is 75.9 Å². The molecule has 4 aromatic rings. The molecule has 6 amide bonds. The van der Waals surface area contributed by atoms with Crippen molar-refractivity contribution in [3.05, 3.63) is 130 Å². The Balaban J connectivity index is 1.64. The van der Waals surface area contributed by atoms with Crippen molar-refractivity contribution in [2.45, 2.75) is 103 Å². The number of alkyl carbamates (subject to hydrolysis) is 1. The molecule has 6 atom stereocenters. The summed E-state index contributed by atoms with van der Waals surface area (Å²) in [5.74, 6) is -4.49. The summed E-state index contributed by atoms with van der Waals surface area (Å²) in [6.45, 7) is 7.35. The van der Waals surface area contributed by atoms with Gasteiger partial charge in [-0.05, 0) is 58.5 Å². The van der Waals surface area contributed by atoms with E-state index in [1.165, 1.54) is 17.4 Å². The Bertz CT molecular complexity index is 2050. The maximum atomic E-state index is 15.0. The van der Waals surface area contributed by atoms with Gasteiger partial charge in [0, 0.05) is 29.8 Å². The Labute approximate surface area is 361 Å². The second-order valence-corrected chi connectivity index (χ2v) is 16.5. The number of thiophene rings is 1. The number of aliphatic hydroxyl groups is 1. The van der Waals surface area contributed by atoms with E-state index >= 15 is 0 Å². The number of hydrogen-bond acceptors (Lipinski definition) is 11. The molecule has 326 valence electrons. The van der Waals surface area contributed by atoms with Crippen molar-refractivity contribution < 1.29 is 38.6 Å². The quantitative estimate of drug-likeness (QED) is 0.0683. The summed E-state index contributed by atoms with van der Waals surface area (Å²) < 4.78 is 5.48. The topological polar surface area (TPSA) is 223 Å². The van der Waals surface area contributed by atoms with Crippen LogP contribution in [0.15, 0.2) is 102 Å². The van der Waals surface area contributed by atoms with E-state index in [4.69, 9.17) is 16.2 Å². The first-order valence-corrected chi connectivity index (χ1v) is 21.4. The molecule has 0 aliphatic heterocycles. The van der Waals surface area contributed by atoms with Crippen LogP contribution < -0.4 is 27.4 Å². The third kappa shape index (κ3) is 14.7. The number of nitrogens with one attached hydrogen (secondary N) is 3. The Hall–Kier alpha value is -5.74. The van der Waals surface area contributed by atoms with Crippen LogP contribution in [0.5, 0.6) is 0 Å². The molecule has 0 radical (unpaired) electrons. The minimum absolute atomic E-state index is 0.0457. The molecule has 0 aliphatic rings. The maximum Gasteiger partial charge on any atom is 0.408 e. The molecule has 0 fully saturated rings. The minimum atomic E-state index is -1.65. The number of ether oxygens (including phenoxy) is 1. The largest absolute Gasteiger partial charge is 0.445 e. The number of carbonyl (C=O) groups excluding carboxylic acids is 6. The molecule has 0 spiro atoms. The number of imide groups is 2. The summed E-state index contributed by atoms with van der Waals surface area (Å²) in [6.07, 6.45) is -2.63. The Morgan fingerprint density at radius 3 is 2.07 bits per heavy atom. The fourth-order valence-corrected chi connectivity index (χ4v) is 7.52. The highest BCUT2D eigenvalue weighted by Gasteiger charge is 2.42. The average molecular weight is 855 g/mol. The van der Waals surface area contributed by atoms with E-state index < -0.39 is 78.2 Å². The highest BCUT2D eigenvalue weighted by atomic mass is 32.1. The fourth-order valence-electron chi connectivity index (χ4n) is 6.75. The number of amides is 6. The van der Waals surface area contributed by atoms with Gasteiger partial charge in [-0.15, -0.1) is 11.3 Å². The van der Waals surface area contributed by atoms with Crippen LogP contribution in [0, 0.1) is 11.8 Å².